The summed E-state index contributed by atoms with van der Waals surface area (Å²) in [5.74, 6) is -0.484. The smallest absolute Gasteiger partial charge is 0.313 e. The molecule has 5 heteroatoms. The molecule has 0 heterocycles. The van der Waals surface area contributed by atoms with Crippen LogP contribution in [0.15, 0.2) is 42.5 Å². The number of carbonyl (C=O) groups is 2. The average Bonchev–Trinajstić information content (AvgIpc) is 2.68. The lowest BCUT2D eigenvalue weighted by Crippen LogP contribution is -2.36. The number of amides is 2. The first-order valence-electron chi connectivity index (χ1n) is 8.91. The Labute approximate surface area is 154 Å². The van der Waals surface area contributed by atoms with Gasteiger partial charge in [-0.3, -0.25) is 9.59 Å². The van der Waals surface area contributed by atoms with Crippen LogP contribution in [0, 0.1) is 0 Å². The predicted octanol–water partition coefficient (Wildman–Crippen LogP) is 3.12. The molecule has 2 N–H and O–H groups in total. The second kappa shape index (κ2) is 9.61. The molecule has 0 fully saturated rings. The lowest BCUT2D eigenvalue weighted by Gasteiger charge is -2.14. The lowest BCUT2D eigenvalue weighted by molar-refractivity contribution is -0.136. The summed E-state index contributed by atoms with van der Waals surface area (Å²) in [6.45, 7) is 4.44. The van der Waals surface area contributed by atoms with Crippen LogP contribution in [0.5, 0.6) is 5.75 Å². The van der Waals surface area contributed by atoms with Gasteiger partial charge in [0.25, 0.3) is 0 Å². The zero-order valence-corrected chi connectivity index (χ0v) is 15.6. The van der Waals surface area contributed by atoms with Crippen molar-refractivity contribution in [1.82, 2.24) is 5.32 Å². The van der Waals surface area contributed by atoms with Crippen molar-refractivity contribution in [2.75, 3.05) is 19.0 Å². The Morgan fingerprint density at radius 2 is 1.62 bits per heavy atom. The van der Waals surface area contributed by atoms with Crippen LogP contribution in [0.4, 0.5) is 5.69 Å². The molecular formula is C21H26N2O3. The van der Waals surface area contributed by atoms with E-state index >= 15 is 0 Å². The van der Waals surface area contributed by atoms with Gasteiger partial charge in [0.15, 0.2) is 0 Å². The molecule has 2 aromatic carbocycles. The first kappa shape index (κ1) is 19.5. The standard InChI is InChI=1S/C21H26N2O3/c1-4-16-9-7-10-17(5-2)19(16)23-21(25)20(24)22-13-12-15-8-6-11-18(14-15)26-3/h6-11,14H,4-5,12-13H2,1-3H3,(H,22,24)(H,23,25). The third kappa shape index (κ3) is 5.09. The molecule has 0 aliphatic heterocycles. The zero-order valence-electron chi connectivity index (χ0n) is 15.6. The first-order chi connectivity index (χ1) is 12.6. The number of para-hydroxylation sites is 1. The normalized spacial score (nSPS) is 10.3. The van der Waals surface area contributed by atoms with Crippen molar-refractivity contribution in [3.05, 3.63) is 59.2 Å². The summed E-state index contributed by atoms with van der Waals surface area (Å²) < 4.78 is 5.18. The molecule has 0 radical (unpaired) electrons. The maximum Gasteiger partial charge on any atom is 0.313 e. The highest BCUT2D eigenvalue weighted by Crippen LogP contribution is 2.22. The Morgan fingerprint density at radius 1 is 0.962 bits per heavy atom. The predicted molar refractivity (Wildman–Crippen MR) is 104 cm³/mol. The van der Waals surface area contributed by atoms with Crippen molar-refractivity contribution in [1.29, 1.82) is 0 Å². The van der Waals surface area contributed by atoms with Crippen LogP contribution in [-0.4, -0.2) is 25.5 Å². The Hall–Kier alpha value is -2.82. The van der Waals surface area contributed by atoms with E-state index in [9.17, 15) is 9.59 Å². The Kier molecular flexibility index (Phi) is 7.21. The quantitative estimate of drug-likeness (QED) is 0.751. The molecule has 2 amide bonds. The number of aryl methyl sites for hydroxylation is 2. The first-order valence-corrected chi connectivity index (χ1v) is 8.91. The third-order valence-corrected chi connectivity index (χ3v) is 4.28. The molecule has 26 heavy (non-hydrogen) atoms. The Bertz CT molecular complexity index is 749. The van der Waals surface area contributed by atoms with Crippen LogP contribution in [0.3, 0.4) is 0 Å². The molecule has 0 spiro atoms. The number of hydrogen-bond donors (Lipinski definition) is 2. The van der Waals surface area contributed by atoms with E-state index in [1.807, 2.05) is 56.3 Å². The summed E-state index contributed by atoms with van der Waals surface area (Å²) in [5.41, 5.74) is 3.85. The fraction of sp³-hybridized carbons (Fsp3) is 0.333. The van der Waals surface area contributed by atoms with Gasteiger partial charge in [-0.15, -0.1) is 0 Å². The van der Waals surface area contributed by atoms with Gasteiger partial charge in [0.05, 0.1) is 7.11 Å². The van der Waals surface area contributed by atoms with E-state index in [0.717, 1.165) is 41.0 Å². The van der Waals surface area contributed by atoms with Crippen molar-refractivity contribution < 1.29 is 14.3 Å². The van der Waals surface area contributed by atoms with Gasteiger partial charge in [0.1, 0.15) is 5.75 Å². The number of anilines is 1. The van der Waals surface area contributed by atoms with E-state index in [2.05, 4.69) is 10.6 Å². The molecule has 0 saturated carbocycles. The highest BCUT2D eigenvalue weighted by Gasteiger charge is 2.16. The van der Waals surface area contributed by atoms with Crippen LogP contribution in [0.1, 0.15) is 30.5 Å². The van der Waals surface area contributed by atoms with Crippen LogP contribution >= 0.6 is 0 Å². The SMILES string of the molecule is CCc1cccc(CC)c1NC(=O)C(=O)NCCc1cccc(OC)c1. The topological polar surface area (TPSA) is 67.4 Å². The van der Waals surface area contributed by atoms with E-state index in [0.29, 0.717) is 13.0 Å². The number of ether oxygens (including phenoxy) is 1. The molecule has 2 aromatic rings. The number of methoxy groups -OCH3 is 1. The molecule has 0 bridgehead atoms. The summed E-state index contributed by atoms with van der Waals surface area (Å²) in [5, 5.41) is 5.45. The van der Waals surface area contributed by atoms with Crippen molar-refractivity contribution >= 4 is 17.5 Å². The fourth-order valence-electron chi connectivity index (χ4n) is 2.80. The molecule has 0 saturated heterocycles. The molecule has 0 unspecified atom stereocenters. The van der Waals surface area contributed by atoms with Gasteiger partial charge in [0, 0.05) is 12.2 Å². The van der Waals surface area contributed by atoms with E-state index < -0.39 is 11.8 Å². The van der Waals surface area contributed by atoms with Crippen molar-refractivity contribution in [3.8, 4) is 5.75 Å². The number of carbonyl (C=O) groups excluding carboxylic acids is 2. The van der Waals surface area contributed by atoms with Crippen LogP contribution in [0.2, 0.25) is 0 Å². The molecule has 0 aliphatic carbocycles. The van der Waals surface area contributed by atoms with Crippen molar-refractivity contribution in [2.24, 2.45) is 0 Å². The fourth-order valence-corrected chi connectivity index (χ4v) is 2.80. The van der Waals surface area contributed by atoms with Gasteiger partial charge in [-0.2, -0.15) is 0 Å². The van der Waals surface area contributed by atoms with Gasteiger partial charge in [-0.25, -0.2) is 0 Å². The minimum absolute atomic E-state index is 0.384. The molecule has 0 atom stereocenters. The van der Waals surface area contributed by atoms with Gasteiger partial charge in [-0.1, -0.05) is 44.2 Å². The van der Waals surface area contributed by atoms with E-state index in [1.54, 1.807) is 7.11 Å². The highest BCUT2D eigenvalue weighted by molar-refractivity contribution is 6.39. The number of hydrogen-bond acceptors (Lipinski definition) is 3. The monoisotopic (exact) mass is 354 g/mol. The summed E-state index contributed by atoms with van der Waals surface area (Å²) in [4.78, 5) is 24.4. The molecular weight excluding hydrogens is 328 g/mol. The molecule has 5 nitrogen and oxygen atoms in total. The van der Waals surface area contributed by atoms with E-state index in [4.69, 9.17) is 4.74 Å². The van der Waals surface area contributed by atoms with E-state index in [-0.39, 0.29) is 0 Å². The highest BCUT2D eigenvalue weighted by atomic mass is 16.5. The molecule has 138 valence electrons. The minimum Gasteiger partial charge on any atom is -0.497 e. The lowest BCUT2D eigenvalue weighted by atomic mass is 10.0. The number of benzene rings is 2. The Balaban J connectivity index is 1.93. The van der Waals surface area contributed by atoms with Crippen LogP contribution in [0.25, 0.3) is 0 Å². The maximum absolute atomic E-state index is 12.2. The number of nitrogens with one attached hydrogen (secondary N) is 2. The minimum atomic E-state index is -0.633. The van der Waals surface area contributed by atoms with Gasteiger partial charge < -0.3 is 15.4 Å². The number of rotatable bonds is 7. The molecule has 0 aliphatic rings. The van der Waals surface area contributed by atoms with Crippen molar-refractivity contribution in [2.45, 2.75) is 33.1 Å². The average molecular weight is 354 g/mol. The third-order valence-electron chi connectivity index (χ3n) is 4.28. The van der Waals surface area contributed by atoms with Crippen LogP contribution < -0.4 is 15.4 Å². The summed E-state index contributed by atoms with van der Waals surface area (Å²) in [7, 11) is 1.62. The van der Waals surface area contributed by atoms with Crippen molar-refractivity contribution in [3.63, 3.8) is 0 Å². The van der Waals surface area contributed by atoms with Gasteiger partial charge >= 0.3 is 11.8 Å². The second-order valence-electron chi connectivity index (χ2n) is 5.97. The van der Waals surface area contributed by atoms with Crippen LogP contribution in [-0.2, 0) is 28.9 Å². The summed E-state index contributed by atoms with van der Waals surface area (Å²) in [6.07, 6.45) is 2.21. The van der Waals surface area contributed by atoms with Gasteiger partial charge in [0.2, 0.25) is 0 Å². The second-order valence-corrected chi connectivity index (χ2v) is 5.97. The molecule has 0 aromatic heterocycles. The summed E-state index contributed by atoms with van der Waals surface area (Å²) >= 11 is 0. The zero-order chi connectivity index (χ0) is 18.9. The maximum atomic E-state index is 12.2. The summed E-state index contributed by atoms with van der Waals surface area (Å²) in [6, 6.07) is 13.5. The van der Waals surface area contributed by atoms with Gasteiger partial charge in [-0.05, 0) is 48.1 Å². The largest absolute Gasteiger partial charge is 0.497 e. The Morgan fingerprint density at radius 3 is 2.23 bits per heavy atom. The van der Waals surface area contributed by atoms with E-state index in [1.165, 1.54) is 0 Å². The molecule has 2 rings (SSSR count).